The predicted molar refractivity (Wildman–Crippen MR) is 153 cm³/mol. The Balaban J connectivity index is 1.56. The lowest BCUT2D eigenvalue weighted by molar-refractivity contribution is -0.153. The van der Waals surface area contributed by atoms with Crippen molar-refractivity contribution in [1.29, 1.82) is 0 Å². The van der Waals surface area contributed by atoms with Crippen molar-refractivity contribution in [2.24, 2.45) is 0 Å². The van der Waals surface area contributed by atoms with Crippen LogP contribution < -0.4 is 0 Å². The molecule has 0 aliphatic rings. The predicted octanol–water partition coefficient (Wildman–Crippen LogP) is 7.70. The molecule has 0 saturated heterocycles. The molecule has 0 atom stereocenters. The van der Waals surface area contributed by atoms with Crippen LogP contribution in [0.5, 0.6) is 0 Å². The van der Waals surface area contributed by atoms with Crippen LogP contribution in [0, 0.1) is 0 Å². The van der Waals surface area contributed by atoms with Gasteiger partial charge in [-0.05, 0) is 88.9 Å². The normalized spacial score (nSPS) is 11.6. The summed E-state index contributed by atoms with van der Waals surface area (Å²) in [6.45, 7) is 12.3. The summed E-state index contributed by atoms with van der Waals surface area (Å²) >= 11 is 1.67. The van der Waals surface area contributed by atoms with Gasteiger partial charge in [-0.25, -0.2) is 4.79 Å². The summed E-state index contributed by atoms with van der Waals surface area (Å²) in [7, 11) is 0. The van der Waals surface area contributed by atoms with Crippen molar-refractivity contribution in [3.63, 3.8) is 0 Å². The van der Waals surface area contributed by atoms with Crippen LogP contribution in [0.4, 0.5) is 4.79 Å². The average molecular weight is 534 g/mol. The quantitative estimate of drug-likeness (QED) is 0.264. The second-order valence-electron chi connectivity index (χ2n) is 11.3. The van der Waals surface area contributed by atoms with Crippen molar-refractivity contribution in [2.75, 3.05) is 6.54 Å². The highest BCUT2D eigenvalue weighted by Crippen LogP contribution is 2.28. The van der Waals surface area contributed by atoms with Gasteiger partial charge in [0, 0.05) is 22.9 Å². The van der Waals surface area contributed by atoms with Crippen LogP contribution in [0.3, 0.4) is 0 Å². The second kappa shape index (κ2) is 13.0. The van der Waals surface area contributed by atoms with Crippen LogP contribution in [0.2, 0.25) is 0 Å². The van der Waals surface area contributed by atoms with Crippen molar-refractivity contribution in [1.82, 2.24) is 4.90 Å². The average Bonchev–Trinajstić information content (AvgIpc) is 2.82. The lowest BCUT2D eigenvalue weighted by Crippen LogP contribution is -2.37. The van der Waals surface area contributed by atoms with Gasteiger partial charge in [-0.2, -0.15) is 0 Å². The van der Waals surface area contributed by atoms with Gasteiger partial charge in [0.05, 0.1) is 6.42 Å². The maximum atomic E-state index is 12.9. The molecule has 0 aliphatic carbocycles. The van der Waals surface area contributed by atoms with Gasteiger partial charge >= 0.3 is 12.1 Å². The third kappa shape index (κ3) is 10.6. The summed E-state index contributed by atoms with van der Waals surface area (Å²) in [5, 5.41) is 0. The molecule has 0 saturated carbocycles. The first-order valence-electron chi connectivity index (χ1n) is 13.0. The molecule has 38 heavy (non-hydrogen) atoms. The van der Waals surface area contributed by atoms with Crippen LogP contribution in [0.1, 0.15) is 58.2 Å². The van der Waals surface area contributed by atoms with E-state index in [0.29, 0.717) is 13.1 Å². The number of carbonyl (C=O) groups excluding carboxylic acids is 2. The maximum absolute atomic E-state index is 12.9. The van der Waals surface area contributed by atoms with Gasteiger partial charge in [0.15, 0.2) is 0 Å². The van der Waals surface area contributed by atoms with Crippen molar-refractivity contribution in [3.8, 4) is 0 Å². The van der Waals surface area contributed by atoms with E-state index in [0.717, 1.165) is 32.9 Å². The van der Waals surface area contributed by atoms with Gasteiger partial charge in [0.25, 0.3) is 0 Å². The van der Waals surface area contributed by atoms with Crippen molar-refractivity contribution < 1.29 is 19.1 Å². The van der Waals surface area contributed by atoms with E-state index in [1.54, 1.807) is 16.7 Å². The number of rotatable bonds is 9. The van der Waals surface area contributed by atoms with E-state index in [9.17, 15) is 9.59 Å². The Labute approximate surface area is 231 Å². The summed E-state index contributed by atoms with van der Waals surface area (Å²) in [4.78, 5) is 28.9. The van der Waals surface area contributed by atoms with E-state index in [2.05, 4.69) is 24.3 Å². The van der Waals surface area contributed by atoms with Gasteiger partial charge < -0.3 is 14.4 Å². The molecule has 5 nitrogen and oxygen atoms in total. The highest BCUT2D eigenvalue weighted by Gasteiger charge is 2.22. The first kappa shape index (κ1) is 29.3. The molecule has 0 unspecified atom stereocenters. The van der Waals surface area contributed by atoms with E-state index in [1.165, 1.54) is 0 Å². The zero-order valence-electron chi connectivity index (χ0n) is 23.3. The molecule has 0 N–H and O–H groups in total. The van der Waals surface area contributed by atoms with Crippen LogP contribution in [-0.4, -0.2) is 34.7 Å². The standard InChI is InChI=1S/C32H39NO4S/c1-31(2,3)36-29(34)22-25-14-18-28(19-15-25)38-27-16-12-24(13-17-27)20-21-33(30(35)37-32(4,5)6)23-26-10-8-7-9-11-26/h7-19H,20-23H2,1-6H3. The molecule has 6 heteroatoms. The largest absolute Gasteiger partial charge is 0.460 e. The van der Waals surface area contributed by atoms with Gasteiger partial charge in [-0.3, -0.25) is 4.79 Å². The lowest BCUT2D eigenvalue weighted by atomic mass is 10.1. The molecule has 0 fully saturated rings. The Morgan fingerprint density at radius 3 is 1.74 bits per heavy atom. The zero-order chi connectivity index (χ0) is 27.8. The number of hydrogen-bond donors (Lipinski definition) is 0. The summed E-state index contributed by atoms with van der Waals surface area (Å²) in [6.07, 6.45) is 0.696. The number of amides is 1. The summed E-state index contributed by atoms with van der Waals surface area (Å²) in [6, 6.07) is 26.4. The molecule has 0 bridgehead atoms. The first-order chi connectivity index (χ1) is 17.9. The molecular weight excluding hydrogens is 494 g/mol. The summed E-state index contributed by atoms with van der Waals surface area (Å²) < 4.78 is 11.1. The fourth-order valence-electron chi connectivity index (χ4n) is 3.71. The Kier molecular flexibility index (Phi) is 10.0. The molecule has 0 aromatic heterocycles. The second-order valence-corrected chi connectivity index (χ2v) is 12.4. The van der Waals surface area contributed by atoms with E-state index < -0.39 is 11.2 Å². The third-order valence-corrected chi connectivity index (χ3v) is 6.40. The Morgan fingerprint density at radius 1 is 0.684 bits per heavy atom. The highest BCUT2D eigenvalue weighted by molar-refractivity contribution is 7.99. The van der Waals surface area contributed by atoms with Crippen LogP contribution in [0.25, 0.3) is 0 Å². The molecular formula is C32H39NO4S. The molecule has 0 radical (unpaired) electrons. The fraction of sp³-hybridized carbons (Fsp3) is 0.375. The summed E-state index contributed by atoms with van der Waals surface area (Å²) in [5.41, 5.74) is 2.14. The van der Waals surface area contributed by atoms with Gasteiger partial charge in [-0.15, -0.1) is 0 Å². The van der Waals surface area contributed by atoms with Crippen LogP contribution in [0.15, 0.2) is 88.7 Å². The van der Waals surface area contributed by atoms with E-state index in [4.69, 9.17) is 9.47 Å². The number of nitrogens with zero attached hydrogens (tertiary/aromatic N) is 1. The number of carbonyl (C=O) groups is 2. The molecule has 3 aromatic rings. The first-order valence-corrected chi connectivity index (χ1v) is 13.8. The van der Waals surface area contributed by atoms with Gasteiger partial charge in [0.2, 0.25) is 0 Å². The van der Waals surface area contributed by atoms with Crippen molar-refractivity contribution in [2.45, 2.75) is 81.9 Å². The highest BCUT2D eigenvalue weighted by atomic mass is 32.2. The van der Waals surface area contributed by atoms with Gasteiger partial charge in [-0.1, -0.05) is 66.4 Å². The molecule has 202 valence electrons. The number of esters is 1. The zero-order valence-corrected chi connectivity index (χ0v) is 24.1. The summed E-state index contributed by atoms with van der Waals surface area (Å²) in [5.74, 6) is -0.220. The van der Waals surface area contributed by atoms with Gasteiger partial charge in [0.1, 0.15) is 11.2 Å². The molecule has 0 heterocycles. The SMILES string of the molecule is CC(C)(C)OC(=O)Cc1ccc(Sc2ccc(CCN(Cc3ccccc3)C(=O)OC(C)(C)C)cc2)cc1. The molecule has 0 aliphatic heterocycles. The third-order valence-electron chi connectivity index (χ3n) is 5.39. The minimum Gasteiger partial charge on any atom is -0.460 e. The Hall–Kier alpha value is -3.25. The minimum atomic E-state index is -0.543. The monoisotopic (exact) mass is 533 g/mol. The Bertz CT molecular complexity index is 1180. The Morgan fingerprint density at radius 2 is 1.21 bits per heavy atom. The molecule has 3 aromatic carbocycles. The van der Waals surface area contributed by atoms with Crippen LogP contribution >= 0.6 is 11.8 Å². The van der Waals surface area contributed by atoms with Crippen molar-refractivity contribution in [3.05, 3.63) is 95.6 Å². The number of benzene rings is 3. The van der Waals surface area contributed by atoms with Crippen molar-refractivity contribution >= 4 is 23.8 Å². The number of hydrogen-bond acceptors (Lipinski definition) is 5. The van der Waals surface area contributed by atoms with E-state index >= 15 is 0 Å². The smallest absolute Gasteiger partial charge is 0.410 e. The minimum absolute atomic E-state index is 0.220. The molecule has 3 rings (SSSR count). The van der Waals surface area contributed by atoms with Crippen LogP contribution in [-0.2, 0) is 33.7 Å². The molecule has 0 spiro atoms. The molecule has 1 amide bonds. The maximum Gasteiger partial charge on any atom is 0.410 e. The lowest BCUT2D eigenvalue weighted by Gasteiger charge is -2.27. The van der Waals surface area contributed by atoms with E-state index in [-0.39, 0.29) is 18.5 Å². The number of ether oxygens (including phenoxy) is 2. The topological polar surface area (TPSA) is 55.8 Å². The van der Waals surface area contributed by atoms with E-state index in [1.807, 2.05) is 96.1 Å². The fourth-order valence-corrected chi connectivity index (χ4v) is 4.53.